The number of rotatable bonds is 4. The number of hydrogen-bond donors (Lipinski definition) is 1. The van der Waals surface area contributed by atoms with Gasteiger partial charge < -0.3 is 5.32 Å². The van der Waals surface area contributed by atoms with Crippen LogP contribution in [0.1, 0.15) is 19.8 Å². The summed E-state index contributed by atoms with van der Waals surface area (Å²) in [4.78, 5) is 7.51. The van der Waals surface area contributed by atoms with Crippen LogP contribution in [-0.2, 0) is 0 Å². The Bertz CT molecular complexity index is 222. The van der Waals surface area contributed by atoms with Crippen molar-refractivity contribution in [2.45, 2.75) is 19.8 Å². The first kappa shape index (κ1) is 8.90. The van der Waals surface area contributed by atoms with Crippen molar-refractivity contribution in [3.8, 4) is 0 Å². The molecule has 3 nitrogen and oxygen atoms in total. The molecule has 1 aromatic heterocycles. The summed E-state index contributed by atoms with van der Waals surface area (Å²) in [6.45, 7) is 2.94. The quantitative estimate of drug-likeness (QED) is 0.699. The molecule has 0 aliphatic carbocycles. The zero-order chi connectivity index (χ0) is 8.81. The van der Waals surface area contributed by atoms with Crippen molar-refractivity contribution in [2.24, 2.45) is 0 Å². The van der Waals surface area contributed by atoms with Crippen LogP contribution in [0.4, 0.5) is 10.3 Å². The summed E-state index contributed by atoms with van der Waals surface area (Å²) >= 11 is 0. The van der Waals surface area contributed by atoms with E-state index in [1.54, 1.807) is 0 Å². The molecule has 0 saturated heterocycles. The first-order valence-electron chi connectivity index (χ1n) is 4.04. The minimum Gasteiger partial charge on any atom is -0.354 e. The largest absolute Gasteiger partial charge is 0.354 e. The monoisotopic (exact) mass is 169 g/mol. The van der Waals surface area contributed by atoms with Crippen LogP contribution in [0.5, 0.6) is 0 Å². The predicted molar refractivity (Wildman–Crippen MR) is 45.4 cm³/mol. The van der Waals surface area contributed by atoms with Gasteiger partial charge in [-0.25, -0.2) is 14.4 Å². The van der Waals surface area contributed by atoms with E-state index < -0.39 is 5.82 Å². The molecule has 0 unspecified atom stereocenters. The summed E-state index contributed by atoms with van der Waals surface area (Å²) in [6.07, 6.45) is 4.50. The highest BCUT2D eigenvalue weighted by Crippen LogP contribution is 1.98. The first-order chi connectivity index (χ1) is 5.83. The van der Waals surface area contributed by atoms with Crippen LogP contribution in [-0.4, -0.2) is 16.5 Å². The van der Waals surface area contributed by atoms with Gasteiger partial charge in [-0.15, -0.1) is 0 Å². The van der Waals surface area contributed by atoms with E-state index in [1.165, 1.54) is 0 Å². The summed E-state index contributed by atoms with van der Waals surface area (Å²) in [5, 5.41) is 2.98. The Labute approximate surface area is 71.0 Å². The highest BCUT2D eigenvalue weighted by atomic mass is 19.1. The molecule has 12 heavy (non-hydrogen) atoms. The number of nitrogens with zero attached hydrogens (tertiary/aromatic N) is 2. The Morgan fingerprint density at radius 2 is 2.08 bits per heavy atom. The van der Waals surface area contributed by atoms with Crippen molar-refractivity contribution in [1.29, 1.82) is 0 Å². The second kappa shape index (κ2) is 4.64. The van der Waals surface area contributed by atoms with E-state index in [-0.39, 0.29) is 0 Å². The summed E-state index contributed by atoms with van der Waals surface area (Å²) in [6, 6.07) is 0. The number of unbranched alkanes of at least 4 members (excludes halogenated alkanes) is 1. The van der Waals surface area contributed by atoms with E-state index in [0.29, 0.717) is 5.95 Å². The zero-order valence-corrected chi connectivity index (χ0v) is 7.05. The van der Waals surface area contributed by atoms with Gasteiger partial charge in [-0.2, -0.15) is 0 Å². The minimum atomic E-state index is -0.406. The van der Waals surface area contributed by atoms with E-state index >= 15 is 0 Å². The predicted octanol–water partition coefficient (Wildman–Crippen LogP) is 1.83. The topological polar surface area (TPSA) is 37.8 Å². The molecule has 0 atom stereocenters. The highest BCUT2D eigenvalue weighted by Gasteiger charge is 1.94. The molecule has 4 heteroatoms. The molecular weight excluding hydrogens is 157 g/mol. The number of halogens is 1. The van der Waals surface area contributed by atoms with Crippen LogP contribution >= 0.6 is 0 Å². The number of anilines is 1. The van der Waals surface area contributed by atoms with Crippen LogP contribution in [0.15, 0.2) is 12.4 Å². The lowest BCUT2D eigenvalue weighted by atomic mass is 10.3. The maximum absolute atomic E-state index is 12.3. The van der Waals surface area contributed by atoms with E-state index in [9.17, 15) is 4.39 Å². The van der Waals surface area contributed by atoms with Crippen molar-refractivity contribution < 1.29 is 4.39 Å². The number of aromatic nitrogens is 2. The molecule has 0 aliphatic heterocycles. The third kappa shape index (κ3) is 2.82. The average molecular weight is 169 g/mol. The fraction of sp³-hybridized carbons (Fsp3) is 0.500. The third-order valence-corrected chi connectivity index (χ3v) is 1.43. The summed E-state index contributed by atoms with van der Waals surface area (Å²) < 4.78 is 12.3. The molecule has 0 fully saturated rings. The van der Waals surface area contributed by atoms with Crippen LogP contribution in [0.2, 0.25) is 0 Å². The van der Waals surface area contributed by atoms with Crippen molar-refractivity contribution in [1.82, 2.24) is 9.97 Å². The van der Waals surface area contributed by atoms with Crippen LogP contribution in [0, 0.1) is 5.82 Å². The molecule has 0 spiro atoms. The van der Waals surface area contributed by atoms with Crippen molar-refractivity contribution in [3.05, 3.63) is 18.2 Å². The molecular formula is C8H12FN3. The van der Waals surface area contributed by atoms with E-state index in [1.807, 2.05) is 0 Å². The molecule has 1 rings (SSSR count). The summed E-state index contributed by atoms with van der Waals surface area (Å²) in [5.41, 5.74) is 0. The molecule has 1 heterocycles. The molecule has 66 valence electrons. The lowest BCUT2D eigenvalue weighted by molar-refractivity contribution is 0.614. The molecule has 1 aromatic rings. The molecule has 0 aliphatic rings. The van der Waals surface area contributed by atoms with E-state index in [4.69, 9.17) is 0 Å². The maximum Gasteiger partial charge on any atom is 0.222 e. The lowest BCUT2D eigenvalue weighted by Gasteiger charge is -2.01. The Balaban J connectivity index is 2.37. The summed E-state index contributed by atoms with van der Waals surface area (Å²) in [7, 11) is 0. The second-order valence-corrected chi connectivity index (χ2v) is 2.51. The minimum absolute atomic E-state index is 0.406. The Morgan fingerprint density at radius 3 is 2.67 bits per heavy atom. The fourth-order valence-corrected chi connectivity index (χ4v) is 0.781. The molecule has 1 N–H and O–H groups in total. The first-order valence-corrected chi connectivity index (χ1v) is 4.04. The van der Waals surface area contributed by atoms with Gasteiger partial charge >= 0.3 is 0 Å². The van der Waals surface area contributed by atoms with Gasteiger partial charge in [-0.3, -0.25) is 0 Å². The second-order valence-electron chi connectivity index (χ2n) is 2.51. The van der Waals surface area contributed by atoms with Gasteiger partial charge in [0.05, 0.1) is 12.4 Å². The van der Waals surface area contributed by atoms with Crippen LogP contribution < -0.4 is 5.32 Å². The zero-order valence-electron chi connectivity index (χ0n) is 7.05. The third-order valence-electron chi connectivity index (χ3n) is 1.43. The normalized spacial score (nSPS) is 9.83. The number of hydrogen-bond acceptors (Lipinski definition) is 3. The Hall–Kier alpha value is -1.19. The van der Waals surface area contributed by atoms with Gasteiger partial charge in [0.15, 0.2) is 5.82 Å². The Kier molecular flexibility index (Phi) is 3.44. The molecule has 0 bridgehead atoms. The molecule has 0 amide bonds. The van der Waals surface area contributed by atoms with Crippen molar-refractivity contribution >= 4 is 5.95 Å². The smallest absolute Gasteiger partial charge is 0.222 e. The van der Waals surface area contributed by atoms with Gasteiger partial charge in [0.2, 0.25) is 5.95 Å². The van der Waals surface area contributed by atoms with Gasteiger partial charge in [0.1, 0.15) is 0 Å². The van der Waals surface area contributed by atoms with Gasteiger partial charge in [-0.1, -0.05) is 13.3 Å². The van der Waals surface area contributed by atoms with E-state index in [2.05, 4.69) is 22.2 Å². The van der Waals surface area contributed by atoms with Gasteiger partial charge in [-0.05, 0) is 6.42 Å². The van der Waals surface area contributed by atoms with Crippen LogP contribution in [0.25, 0.3) is 0 Å². The summed E-state index contributed by atoms with van der Waals surface area (Å²) in [5.74, 6) is 0.0842. The molecule has 0 saturated carbocycles. The highest BCUT2D eigenvalue weighted by molar-refractivity contribution is 5.21. The molecule has 0 radical (unpaired) electrons. The number of nitrogens with one attached hydrogen (secondary N) is 1. The van der Waals surface area contributed by atoms with Gasteiger partial charge in [0.25, 0.3) is 0 Å². The SMILES string of the molecule is CCCCNc1ncc(F)cn1. The van der Waals surface area contributed by atoms with Gasteiger partial charge in [0, 0.05) is 6.54 Å². The van der Waals surface area contributed by atoms with Crippen LogP contribution in [0.3, 0.4) is 0 Å². The fourth-order valence-electron chi connectivity index (χ4n) is 0.781. The van der Waals surface area contributed by atoms with Crippen molar-refractivity contribution in [2.75, 3.05) is 11.9 Å². The molecule has 0 aromatic carbocycles. The lowest BCUT2D eigenvalue weighted by Crippen LogP contribution is -2.04. The van der Waals surface area contributed by atoms with E-state index in [0.717, 1.165) is 31.8 Å². The maximum atomic E-state index is 12.3. The van der Waals surface area contributed by atoms with Crippen molar-refractivity contribution in [3.63, 3.8) is 0 Å². The average Bonchev–Trinajstić information content (AvgIpc) is 2.09. The Morgan fingerprint density at radius 1 is 1.42 bits per heavy atom. The standard InChI is InChI=1S/C8H12FN3/c1-2-3-4-10-8-11-5-7(9)6-12-8/h5-6H,2-4H2,1H3,(H,10,11,12).